The van der Waals surface area contributed by atoms with Crippen LogP contribution in [0.5, 0.6) is 0 Å². The van der Waals surface area contributed by atoms with E-state index in [1.807, 2.05) is 41.5 Å². The van der Waals surface area contributed by atoms with Gasteiger partial charge in [0.15, 0.2) is 0 Å². The van der Waals surface area contributed by atoms with Gasteiger partial charge in [-0.2, -0.15) is 0 Å². The van der Waals surface area contributed by atoms with Gasteiger partial charge in [-0.1, -0.05) is 42.4 Å². The average Bonchev–Trinajstić information content (AvgIpc) is 2.39. The lowest BCUT2D eigenvalue weighted by molar-refractivity contribution is -0.161. The third kappa shape index (κ3) is 5.63. The highest BCUT2D eigenvalue weighted by Crippen LogP contribution is 2.47. The zero-order valence-corrected chi connectivity index (χ0v) is 17.4. The number of ether oxygens (including phenoxy) is 1. The number of nitrogens with zero attached hydrogens (tertiary/aromatic N) is 1. The molecule has 1 unspecified atom stereocenters. The molecule has 0 fully saturated rings. The summed E-state index contributed by atoms with van der Waals surface area (Å²) in [4.78, 5) is 26.6. The first-order valence-electron chi connectivity index (χ1n) is 7.86. The van der Waals surface area contributed by atoms with E-state index in [1.54, 1.807) is 25.1 Å². The van der Waals surface area contributed by atoms with E-state index in [-0.39, 0.29) is 28.7 Å². The summed E-state index contributed by atoms with van der Waals surface area (Å²) in [6.45, 7) is 15.5. The molecule has 23 heavy (non-hydrogen) atoms. The van der Waals surface area contributed by atoms with E-state index in [0.29, 0.717) is 6.42 Å². The molecule has 0 spiro atoms. The van der Waals surface area contributed by atoms with Gasteiger partial charge in [0.2, 0.25) is 5.91 Å². The lowest BCUT2D eigenvalue weighted by atomic mass is 9.62. The molecule has 0 saturated carbocycles. The second kappa shape index (κ2) is 7.82. The van der Waals surface area contributed by atoms with Crippen molar-refractivity contribution in [1.29, 1.82) is 0 Å². The van der Waals surface area contributed by atoms with Gasteiger partial charge in [0.25, 0.3) is 0 Å². The molecular weight excluding hydrogens is 358 g/mol. The summed E-state index contributed by atoms with van der Waals surface area (Å²) in [6.07, 6.45) is 2.12. The number of alkyl halides is 1. The molecule has 134 valence electrons. The summed E-state index contributed by atoms with van der Waals surface area (Å²) in [7, 11) is 3.51. The van der Waals surface area contributed by atoms with E-state index in [2.05, 4.69) is 22.5 Å². The van der Waals surface area contributed by atoms with Crippen LogP contribution in [-0.4, -0.2) is 41.8 Å². The van der Waals surface area contributed by atoms with Gasteiger partial charge >= 0.3 is 5.97 Å². The maximum Gasteiger partial charge on any atom is 0.312 e. The van der Waals surface area contributed by atoms with Crippen molar-refractivity contribution in [3.8, 4) is 0 Å². The fourth-order valence-corrected chi connectivity index (χ4v) is 2.65. The van der Waals surface area contributed by atoms with Crippen LogP contribution >= 0.6 is 15.9 Å². The fourth-order valence-electron chi connectivity index (χ4n) is 2.29. The monoisotopic (exact) mass is 389 g/mol. The molecule has 0 aliphatic carbocycles. The Morgan fingerprint density at radius 1 is 1.17 bits per heavy atom. The van der Waals surface area contributed by atoms with Gasteiger partial charge in [0.1, 0.15) is 6.61 Å². The normalized spacial score (nSPS) is 14.1. The molecule has 0 saturated heterocycles. The van der Waals surface area contributed by atoms with Crippen molar-refractivity contribution in [3.63, 3.8) is 0 Å². The highest BCUT2D eigenvalue weighted by Gasteiger charge is 2.48. The average molecular weight is 390 g/mol. The zero-order chi connectivity index (χ0) is 18.6. The SMILES string of the molecule is C=CCOC(=O)C(C)(C)C(C)(C)CC(C(=O)N(C)C)C(C)(C)Br. The number of rotatable bonds is 8. The number of halogens is 1. The van der Waals surface area contributed by atoms with Gasteiger partial charge in [-0.3, -0.25) is 9.59 Å². The molecule has 0 aliphatic rings. The Bertz CT molecular complexity index is 448. The molecule has 5 heteroatoms. The van der Waals surface area contributed by atoms with Crippen molar-refractivity contribution in [2.24, 2.45) is 16.7 Å². The lowest BCUT2D eigenvalue weighted by Gasteiger charge is -2.44. The number of esters is 1. The highest BCUT2D eigenvalue weighted by molar-refractivity contribution is 9.10. The Hall–Kier alpha value is -0.840. The van der Waals surface area contributed by atoms with Crippen LogP contribution < -0.4 is 0 Å². The number of carbonyl (C=O) groups is 2. The molecule has 0 heterocycles. The molecule has 0 N–H and O–H groups in total. The van der Waals surface area contributed by atoms with Gasteiger partial charge in [-0.25, -0.2) is 0 Å². The minimum absolute atomic E-state index is 0.0511. The van der Waals surface area contributed by atoms with Gasteiger partial charge in [0, 0.05) is 18.4 Å². The first-order chi connectivity index (χ1) is 10.2. The second-order valence-electron chi connectivity index (χ2n) is 7.95. The summed E-state index contributed by atoms with van der Waals surface area (Å²) in [5.41, 5.74) is -1.15. The quantitative estimate of drug-likeness (QED) is 0.357. The number of hydrogen-bond acceptors (Lipinski definition) is 3. The number of amides is 1. The highest BCUT2D eigenvalue weighted by atomic mass is 79.9. The lowest BCUT2D eigenvalue weighted by Crippen LogP contribution is -2.47. The van der Waals surface area contributed by atoms with Crippen molar-refractivity contribution in [2.45, 2.75) is 52.3 Å². The van der Waals surface area contributed by atoms with Gasteiger partial charge in [-0.15, -0.1) is 0 Å². The first kappa shape index (κ1) is 22.2. The molecule has 0 bridgehead atoms. The zero-order valence-electron chi connectivity index (χ0n) is 15.8. The van der Waals surface area contributed by atoms with Crippen molar-refractivity contribution >= 4 is 27.8 Å². The summed E-state index contributed by atoms with van der Waals surface area (Å²) in [6, 6.07) is 0. The van der Waals surface area contributed by atoms with Crippen molar-refractivity contribution in [3.05, 3.63) is 12.7 Å². The van der Waals surface area contributed by atoms with Crippen molar-refractivity contribution < 1.29 is 14.3 Å². The van der Waals surface area contributed by atoms with E-state index in [9.17, 15) is 9.59 Å². The van der Waals surface area contributed by atoms with Crippen LogP contribution in [0, 0.1) is 16.7 Å². The van der Waals surface area contributed by atoms with E-state index < -0.39 is 10.8 Å². The Kier molecular flexibility index (Phi) is 7.54. The fraction of sp³-hybridized carbons (Fsp3) is 0.778. The van der Waals surface area contributed by atoms with Crippen LogP contribution in [0.2, 0.25) is 0 Å². The third-order valence-electron chi connectivity index (χ3n) is 4.82. The second-order valence-corrected chi connectivity index (χ2v) is 9.99. The van der Waals surface area contributed by atoms with Crippen LogP contribution in [0.15, 0.2) is 12.7 Å². The Morgan fingerprint density at radius 3 is 2.00 bits per heavy atom. The predicted molar refractivity (Wildman–Crippen MR) is 98.5 cm³/mol. The van der Waals surface area contributed by atoms with Gasteiger partial charge in [-0.05, 0) is 39.5 Å². The molecule has 0 rings (SSSR count). The minimum atomic E-state index is -0.723. The molecule has 4 nitrogen and oxygen atoms in total. The Morgan fingerprint density at radius 2 is 1.65 bits per heavy atom. The van der Waals surface area contributed by atoms with Crippen molar-refractivity contribution in [1.82, 2.24) is 4.90 Å². The van der Waals surface area contributed by atoms with Crippen LogP contribution in [0.1, 0.15) is 48.0 Å². The number of hydrogen-bond donors (Lipinski definition) is 0. The van der Waals surface area contributed by atoms with E-state index in [4.69, 9.17) is 4.74 Å². The molecule has 1 amide bonds. The smallest absolute Gasteiger partial charge is 0.312 e. The van der Waals surface area contributed by atoms with Crippen LogP contribution in [0.25, 0.3) is 0 Å². The van der Waals surface area contributed by atoms with Gasteiger partial charge in [0.05, 0.1) is 11.3 Å². The Labute approximate surface area is 149 Å². The van der Waals surface area contributed by atoms with Crippen LogP contribution in [-0.2, 0) is 14.3 Å². The Balaban J connectivity index is 5.49. The molecule has 1 atom stereocenters. The molecule has 0 aromatic rings. The third-order valence-corrected chi connectivity index (χ3v) is 5.37. The van der Waals surface area contributed by atoms with Crippen LogP contribution in [0.3, 0.4) is 0 Å². The maximum atomic E-state index is 12.6. The van der Waals surface area contributed by atoms with E-state index in [1.165, 1.54) is 0 Å². The molecule has 0 aliphatic heterocycles. The predicted octanol–water partition coefficient (Wildman–Crippen LogP) is 4.04. The summed E-state index contributed by atoms with van der Waals surface area (Å²) >= 11 is 3.64. The molecule has 0 aromatic heterocycles. The minimum Gasteiger partial charge on any atom is -0.461 e. The molecular formula is C18H32BrNO3. The largest absolute Gasteiger partial charge is 0.461 e. The van der Waals surface area contributed by atoms with Crippen molar-refractivity contribution in [2.75, 3.05) is 20.7 Å². The molecule has 0 radical (unpaired) electrons. The van der Waals surface area contributed by atoms with Crippen LogP contribution in [0.4, 0.5) is 0 Å². The van der Waals surface area contributed by atoms with E-state index in [0.717, 1.165) is 0 Å². The molecule has 0 aromatic carbocycles. The summed E-state index contributed by atoms with van der Waals surface area (Å²) < 4.78 is 4.89. The first-order valence-corrected chi connectivity index (χ1v) is 8.66. The standard InChI is InChI=1S/C18H32BrNO3/c1-10-11-23-15(22)17(4,5)16(2,3)12-13(18(6,7)19)14(21)20(8)9/h10,13H,1,11-12H2,2-9H3. The number of carbonyl (C=O) groups excluding carboxylic acids is 2. The van der Waals surface area contributed by atoms with E-state index >= 15 is 0 Å². The van der Waals surface area contributed by atoms with Gasteiger partial charge < -0.3 is 9.64 Å². The topological polar surface area (TPSA) is 46.6 Å². The summed E-state index contributed by atoms with van der Waals surface area (Å²) in [5, 5.41) is 0. The maximum absolute atomic E-state index is 12.6. The summed E-state index contributed by atoms with van der Waals surface area (Å²) in [5.74, 6) is -0.472.